The van der Waals surface area contributed by atoms with Crippen molar-refractivity contribution in [2.24, 2.45) is 5.41 Å². The summed E-state index contributed by atoms with van der Waals surface area (Å²) in [6, 6.07) is 7.90. The van der Waals surface area contributed by atoms with Crippen LogP contribution >= 0.6 is 0 Å². The van der Waals surface area contributed by atoms with E-state index in [1.165, 1.54) is 38.5 Å². The van der Waals surface area contributed by atoms with Crippen LogP contribution in [0.2, 0.25) is 0 Å². The SMILES string of the molecule is [CH2]CC(C)(C)CC(=O)c1ccc(NCCCCCCCC)cc1. The van der Waals surface area contributed by atoms with E-state index in [-0.39, 0.29) is 11.2 Å². The van der Waals surface area contributed by atoms with Crippen LogP contribution in [0, 0.1) is 12.3 Å². The van der Waals surface area contributed by atoms with Gasteiger partial charge in [-0.3, -0.25) is 4.79 Å². The molecule has 23 heavy (non-hydrogen) atoms. The number of rotatable bonds is 12. The molecule has 1 radical (unpaired) electrons. The number of unbranched alkanes of at least 4 members (excludes halogenated alkanes) is 5. The molecule has 0 amide bonds. The normalized spacial score (nSPS) is 11.5. The predicted octanol–water partition coefficient (Wildman–Crippen LogP) is 6.28. The minimum absolute atomic E-state index is 0.0220. The molecule has 1 aromatic carbocycles. The van der Waals surface area contributed by atoms with Crippen LogP contribution in [0.25, 0.3) is 0 Å². The maximum Gasteiger partial charge on any atom is 0.163 e. The molecule has 129 valence electrons. The average molecular weight is 317 g/mol. The molecule has 0 aliphatic carbocycles. The third-order valence-electron chi connectivity index (χ3n) is 4.38. The van der Waals surface area contributed by atoms with E-state index >= 15 is 0 Å². The smallest absolute Gasteiger partial charge is 0.163 e. The van der Waals surface area contributed by atoms with Crippen LogP contribution in [-0.4, -0.2) is 12.3 Å². The number of hydrogen-bond acceptors (Lipinski definition) is 2. The summed E-state index contributed by atoms with van der Waals surface area (Å²) in [6.45, 7) is 11.4. The van der Waals surface area contributed by atoms with E-state index in [1.807, 2.05) is 24.3 Å². The maximum atomic E-state index is 12.3. The average Bonchev–Trinajstić information content (AvgIpc) is 2.54. The molecule has 0 unspecified atom stereocenters. The van der Waals surface area contributed by atoms with E-state index in [9.17, 15) is 4.79 Å². The van der Waals surface area contributed by atoms with Crippen LogP contribution in [-0.2, 0) is 0 Å². The Bertz CT molecular complexity index is 447. The van der Waals surface area contributed by atoms with Gasteiger partial charge in [0.2, 0.25) is 0 Å². The number of hydrogen-bond donors (Lipinski definition) is 1. The summed E-state index contributed by atoms with van der Waals surface area (Å²) in [4.78, 5) is 12.3. The Balaban J connectivity index is 2.32. The molecule has 0 atom stereocenters. The van der Waals surface area contributed by atoms with Crippen LogP contribution in [0.1, 0.15) is 82.5 Å². The zero-order chi connectivity index (χ0) is 17.1. The van der Waals surface area contributed by atoms with Gasteiger partial charge in [-0.15, -0.1) is 0 Å². The second-order valence-electron chi connectivity index (χ2n) is 7.29. The Labute approximate surface area is 143 Å². The van der Waals surface area contributed by atoms with E-state index in [1.54, 1.807) is 0 Å². The summed E-state index contributed by atoms with van der Waals surface area (Å²) < 4.78 is 0. The Morgan fingerprint density at radius 3 is 2.26 bits per heavy atom. The lowest BCUT2D eigenvalue weighted by Gasteiger charge is -2.21. The number of carbonyl (C=O) groups is 1. The quantitative estimate of drug-likeness (QED) is 0.363. The van der Waals surface area contributed by atoms with Crippen molar-refractivity contribution in [1.82, 2.24) is 0 Å². The standard InChI is InChI=1S/C21H34NO/c1-5-7-8-9-10-11-16-22-19-14-12-18(13-15-19)20(23)17-21(3,4)6-2/h12-15,22H,2,5-11,16-17H2,1,3-4H3. The third kappa shape index (κ3) is 8.20. The molecular formula is C21H34NO. The molecule has 0 saturated carbocycles. The molecule has 0 aliphatic heterocycles. The molecule has 0 fully saturated rings. The number of ketones is 1. The van der Waals surface area contributed by atoms with Crippen molar-refractivity contribution < 1.29 is 4.79 Å². The van der Waals surface area contributed by atoms with E-state index in [0.29, 0.717) is 6.42 Å². The largest absolute Gasteiger partial charge is 0.385 e. The van der Waals surface area contributed by atoms with Crippen molar-refractivity contribution in [1.29, 1.82) is 0 Å². The number of nitrogens with one attached hydrogen (secondary N) is 1. The summed E-state index contributed by atoms with van der Waals surface area (Å²) >= 11 is 0. The van der Waals surface area contributed by atoms with Crippen LogP contribution in [0.3, 0.4) is 0 Å². The van der Waals surface area contributed by atoms with Gasteiger partial charge in [-0.25, -0.2) is 0 Å². The maximum absolute atomic E-state index is 12.3. The van der Waals surface area contributed by atoms with Crippen molar-refractivity contribution >= 4 is 11.5 Å². The van der Waals surface area contributed by atoms with Gasteiger partial charge in [-0.2, -0.15) is 0 Å². The minimum Gasteiger partial charge on any atom is -0.385 e. The van der Waals surface area contributed by atoms with E-state index in [2.05, 4.69) is 33.0 Å². The van der Waals surface area contributed by atoms with Crippen LogP contribution in [0.5, 0.6) is 0 Å². The molecule has 1 rings (SSSR count). The molecule has 0 aliphatic rings. The second kappa shape index (κ2) is 10.5. The van der Waals surface area contributed by atoms with Gasteiger partial charge >= 0.3 is 0 Å². The first kappa shape index (κ1) is 19.7. The highest BCUT2D eigenvalue weighted by Crippen LogP contribution is 2.26. The highest BCUT2D eigenvalue weighted by atomic mass is 16.1. The number of anilines is 1. The number of Topliss-reactive ketones (excluding diaryl/α,β-unsaturated/α-hetero) is 1. The van der Waals surface area contributed by atoms with Crippen molar-refractivity contribution in [3.63, 3.8) is 0 Å². The molecule has 0 aromatic heterocycles. The second-order valence-corrected chi connectivity index (χ2v) is 7.29. The molecule has 0 saturated heterocycles. The van der Waals surface area contributed by atoms with Gasteiger partial charge in [0.15, 0.2) is 5.78 Å². The van der Waals surface area contributed by atoms with Gasteiger partial charge in [-0.05, 0) is 42.5 Å². The number of carbonyl (C=O) groups excluding carboxylic acids is 1. The van der Waals surface area contributed by atoms with Crippen molar-refractivity contribution in [2.75, 3.05) is 11.9 Å². The van der Waals surface area contributed by atoms with Crippen LogP contribution < -0.4 is 5.32 Å². The van der Waals surface area contributed by atoms with E-state index < -0.39 is 0 Å². The summed E-state index contributed by atoms with van der Waals surface area (Å²) in [5.74, 6) is 0.209. The summed E-state index contributed by atoms with van der Waals surface area (Å²) in [6.07, 6.45) is 9.19. The Morgan fingerprint density at radius 2 is 1.65 bits per heavy atom. The molecule has 1 N–H and O–H groups in total. The van der Waals surface area contributed by atoms with Crippen LogP contribution in [0.4, 0.5) is 5.69 Å². The van der Waals surface area contributed by atoms with E-state index in [4.69, 9.17) is 0 Å². The molecule has 0 bridgehead atoms. The van der Waals surface area contributed by atoms with Gasteiger partial charge in [0.25, 0.3) is 0 Å². The minimum atomic E-state index is -0.0220. The van der Waals surface area contributed by atoms with Gasteiger partial charge in [0, 0.05) is 24.2 Å². The topological polar surface area (TPSA) is 29.1 Å². The molecule has 0 spiro atoms. The molecule has 2 nitrogen and oxygen atoms in total. The highest BCUT2D eigenvalue weighted by molar-refractivity contribution is 5.96. The fraction of sp³-hybridized carbons (Fsp3) is 0.619. The Morgan fingerprint density at radius 1 is 1.04 bits per heavy atom. The molecule has 0 heterocycles. The zero-order valence-electron chi connectivity index (χ0n) is 15.3. The summed E-state index contributed by atoms with van der Waals surface area (Å²) in [5, 5.41) is 3.44. The Kier molecular flexibility index (Phi) is 8.98. The monoisotopic (exact) mass is 316 g/mol. The van der Waals surface area contributed by atoms with Crippen LogP contribution in [0.15, 0.2) is 24.3 Å². The lowest BCUT2D eigenvalue weighted by Crippen LogP contribution is -2.16. The predicted molar refractivity (Wildman–Crippen MR) is 101 cm³/mol. The van der Waals surface area contributed by atoms with Gasteiger partial charge in [-0.1, -0.05) is 59.8 Å². The lowest BCUT2D eigenvalue weighted by atomic mass is 9.83. The van der Waals surface area contributed by atoms with Crippen molar-refractivity contribution in [2.45, 2.75) is 72.1 Å². The Hall–Kier alpha value is -1.31. The summed E-state index contributed by atoms with van der Waals surface area (Å²) in [5.41, 5.74) is 1.88. The van der Waals surface area contributed by atoms with Gasteiger partial charge < -0.3 is 5.32 Å². The molecule has 1 aromatic rings. The summed E-state index contributed by atoms with van der Waals surface area (Å²) in [7, 11) is 0. The first-order chi connectivity index (χ1) is 11.0. The third-order valence-corrected chi connectivity index (χ3v) is 4.38. The van der Waals surface area contributed by atoms with Gasteiger partial charge in [0.1, 0.15) is 0 Å². The van der Waals surface area contributed by atoms with Crippen molar-refractivity contribution in [3.05, 3.63) is 36.8 Å². The van der Waals surface area contributed by atoms with Crippen molar-refractivity contribution in [3.8, 4) is 0 Å². The first-order valence-electron chi connectivity index (χ1n) is 9.15. The lowest BCUT2D eigenvalue weighted by molar-refractivity contribution is 0.0932. The zero-order valence-corrected chi connectivity index (χ0v) is 15.3. The first-order valence-corrected chi connectivity index (χ1v) is 9.15. The molecule has 2 heteroatoms. The fourth-order valence-corrected chi connectivity index (χ4v) is 2.54. The highest BCUT2D eigenvalue weighted by Gasteiger charge is 2.20. The fourth-order valence-electron chi connectivity index (χ4n) is 2.54. The van der Waals surface area contributed by atoms with Gasteiger partial charge in [0.05, 0.1) is 0 Å². The molecular weight excluding hydrogens is 282 g/mol. The number of benzene rings is 1. The van der Waals surface area contributed by atoms with E-state index in [0.717, 1.165) is 24.2 Å².